The normalized spacial score (nSPS) is 11.8. The van der Waals surface area contributed by atoms with Crippen molar-refractivity contribution in [3.05, 3.63) is 35.6 Å². The van der Waals surface area contributed by atoms with Gasteiger partial charge in [0.05, 0.1) is 12.2 Å². The van der Waals surface area contributed by atoms with Crippen LogP contribution >= 0.6 is 0 Å². The zero-order valence-electron chi connectivity index (χ0n) is 20.3. The number of esters is 1. The summed E-state index contributed by atoms with van der Waals surface area (Å²) >= 11 is 0. The lowest BCUT2D eigenvalue weighted by Crippen LogP contribution is -2.40. The van der Waals surface area contributed by atoms with Gasteiger partial charge in [-0.25, -0.2) is 9.18 Å². The van der Waals surface area contributed by atoms with Crippen molar-refractivity contribution in [1.29, 1.82) is 0 Å². The molecule has 1 aromatic carbocycles. The van der Waals surface area contributed by atoms with Gasteiger partial charge in [-0.1, -0.05) is 109 Å². The minimum Gasteiger partial charge on any atom is -0.464 e. The molecule has 0 radical (unpaired) electrons. The maximum absolute atomic E-state index is 13.6. The molecule has 1 atom stereocenters. The fourth-order valence-corrected chi connectivity index (χ4v) is 3.75. The van der Waals surface area contributed by atoms with Crippen molar-refractivity contribution in [2.75, 3.05) is 6.61 Å². The molecule has 0 aliphatic rings. The lowest BCUT2D eigenvalue weighted by atomic mass is 10.0. The van der Waals surface area contributed by atoms with E-state index in [1.165, 1.54) is 95.2 Å². The van der Waals surface area contributed by atoms with Crippen LogP contribution in [0.3, 0.4) is 0 Å². The number of unbranched alkanes of at least 4 members (excludes halogenated alkanes) is 14. The molecule has 1 amide bonds. The Bertz CT molecular complexity index is 635. The van der Waals surface area contributed by atoms with E-state index in [4.69, 9.17) is 4.74 Å². The van der Waals surface area contributed by atoms with Crippen LogP contribution in [0.5, 0.6) is 0 Å². The molecule has 0 heterocycles. The Labute approximate surface area is 194 Å². The van der Waals surface area contributed by atoms with Gasteiger partial charge in [-0.05, 0) is 25.5 Å². The average Bonchev–Trinajstić information content (AvgIpc) is 2.78. The van der Waals surface area contributed by atoms with E-state index in [9.17, 15) is 14.0 Å². The highest BCUT2D eigenvalue weighted by Crippen LogP contribution is 2.13. The summed E-state index contributed by atoms with van der Waals surface area (Å²) < 4.78 is 18.9. The summed E-state index contributed by atoms with van der Waals surface area (Å²) in [5.74, 6) is -1.71. The first-order valence-corrected chi connectivity index (χ1v) is 12.8. The Balaban J connectivity index is 1.93. The first-order chi connectivity index (χ1) is 15.6. The standard InChI is InChI=1S/C27H44FNO3/c1-3-4-5-6-7-8-9-10-11-12-13-14-15-16-19-22-32-27(31)23(2)29-26(30)24-20-17-18-21-25(24)28/h17-18,20-21,23H,3-16,19,22H2,1-2H3,(H,29,30). The minimum atomic E-state index is -0.807. The van der Waals surface area contributed by atoms with Gasteiger partial charge < -0.3 is 10.1 Å². The fourth-order valence-electron chi connectivity index (χ4n) is 3.75. The van der Waals surface area contributed by atoms with Crippen LogP contribution in [0.4, 0.5) is 4.39 Å². The number of carbonyl (C=O) groups is 2. The minimum absolute atomic E-state index is 0.0745. The third-order valence-electron chi connectivity index (χ3n) is 5.81. The van der Waals surface area contributed by atoms with E-state index in [0.717, 1.165) is 19.3 Å². The number of carbonyl (C=O) groups excluding carboxylic acids is 2. The second kappa shape index (κ2) is 18.6. The Morgan fingerprint density at radius 1 is 0.812 bits per heavy atom. The lowest BCUT2D eigenvalue weighted by Gasteiger charge is -2.13. The van der Waals surface area contributed by atoms with E-state index in [2.05, 4.69) is 12.2 Å². The van der Waals surface area contributed by atoms with Gasteiger partial charge in [0.1, 0.15) is 11.9 Å². The number of rotatable bonds is 19. The molecule has 1 rings (SSSR count). The number of halogens is 1. The quantitative estimate of drug-likeness (QED) is 0.177. The molecule has 4 nitrogen and oxygen atoms in total. The monoisotopic (exact) mass is 449 g/mol. The summed E-state index contributed by atoms with van der Waals surface area (Å²) in [6.45, 7) is 4.17. The van der Waals surface area contributed by atoms with Crippen LogP contribution < -0.4 is 5.32 Å². The molecule has 0 bridgehead atoms. The van der Waals surface area contributed by atoms with Crippen LogP contribution in [0.2, 0.25) is 0 Å². The molecule has 182 valence electrons. The maximum atomic E-state index is 13.6. The van der Waals surface area contributed by atoms with Gasteiger partial charge in [0.25, 0.3) is 5.91 Å². The molecule has 0 aliphatic heterocycles. The topological polar surface area (TPSA) is 55.4 Å². The Hall–Kier alpha value is -1.91. The van der Waals surface area contributed by atoms with Crippen LogP contribution in [-0.4, -0.2) is 24.5 Å². The summed E-state index contributed by atoms with van der Waals surface area (Å²) in [6.07, 6.45) is 19.3. The van der Waals surface area contributed by atoms with Gasteiger partial charge >= 0.3 is 5.97 Å². The lowest BCUT2D eigenvalue weighted by molar-refractivity contribution is -0.145. The largest absolute Gasteiger partial charge is 0.464 e. The van der Waals surface area contributed by atoms with E-state index >= 15 is 0 Å². The molecule has 5 heteroatoms. The third-order valence-corrected chi connectivity index (χ3v) is 5.81. The highest BCUT2D eigenvalue weighted by atomic mass is 19.1. The van der Waals surface area contributed by atoms with Gasteiger partial charge in [-0.15, -0.1) is 0 Å². The average molecular weight is 450 g/mol. The van der Waals surface area contributed by atoms with E-state index in [1.54, 1.807) is 13.0 Å². The van der Waals surface area contributed by atoms with E-state index in [-0.39, 0.29) is 5.56 Å². The molecule has 0 spiro atoms. The first kappa shape index (κ1) is 28.1. The van der Waals surface area contributed by atoms with Crippen molar-refractivity contribution in [2.45, 2.75) is 116 Å². The van der Waals surface area contributed by atoms with Gasteiger partial charge in [0, 0.05) is 0 Å². The van der Waals surface area contributed by atoms with Gasteiger partial charge in [-0.3, -0.25) is 4.79 Å². The molecular weight excluding hydrogens is 405 g/mol. The number of ether oxygens (including phenoxy) is 1. The smallest absolute Gasteiger partial charge is 0.328 e. The molecule has 1 N–H and O–H groups in total. The van der Waals surface area contributed by atoms with E-state index in [1.807, 2.05) is 0 Å². The summed E-state index contributed by atoms with van der Waals surface area (Å²) in [7, 11) is 0. The molecule has 0 fully saturated rings. The highest BCUT2D eigenvalue weighted by Gasteiger charge is 2.19. The third kappa shape index (κ3) is 13.5. The summed E-state index contributed by atoms with van der Waals surface area (Å²) in [4.78, 5) is 24.1. The summed E-state index contributed by atoms with van der Waals surface area (Å²) in [6, 6.07) is 4.89. The number of benzene rings is 1. The molecule has 32 heavy (non-hydrogen) atoms. The van der Waals surface area contributed by atoms with Crippen molar-refractivity contribution >= 4 is 11.9 Å². The molecule has 0 aromatic heterocycles. The molecule has 1 aromatic rings. The molecule has 0 saturated carbocycles. The Morgan fingerprint density at radius 3 is 1.78 bits per heavy atom. The van der Waals surface area contributed by atoms with E-state index in [0.29, 0.717) is 6.61 Å². The predicted molar refractivity (Wildman–Crippen MR) is 129 cm³/mol. The Kier molecular flexibility index (Phi) is 16.4. The number of hydrogen-bond acceptors (Lipinski definition) is 3. The summed E-state index contributed by atoms with van der Waals surface area (Å²) in [5, 5.41) is 2.49. The predicted octanol–water partition coefficient (Wildman–Crippen LogP) is 7.36. The van der Waals surface area contributed by atoms with Gasteiger partial charge in [-0.2, -0.15) is 0 Å². The van der Waals surface area contributed by atoms with Crippen LogP contribution in [0.1, 0.15) is 121 Å². The van der Waals surface area contributed by atoms with Crippen LogP contribution in [-0.2, 0) is 9.53 Å². The molecule has 0 aliphatic carbocycles. The van der Waals surface area contributed by atoms with Crippen LogP contribution in [0.25, 0.3) is 0 Å². The highest BCUT2D eigenvalue weighted by molar-refractivity contribution is 5.96. The SMILES string of the molecule is CCCCCCCCCCCCCCCCCOC(=O)C(C)NC(=O)c1ccccc1F. The first-order valence-electron chi connectivity index (χ1n) is 12.8. The van der Waals surface area contributed by atoms with Crippen molar-refractivity contribution in [1.82, 2.24) is 5.32 Å². The summed E-state index contributed by atoms with van der Waals surface area (Å²) in [5.41, 5.74) is -0.0745. The van der Waals surface area contributed by atoms with Crippen LogP contribution in [0, 0.1) is 5.82 Å². The zero-order chi connectivity index (χ0) is 23.4. The van der Waals surface area contributed by atoms with Crippen molar-refractivity contribution in [3.8, 4) is 0 Å². The number of nitrogens with one attached hydrogen (secondary N) is 1. The van der Waals surface area contributed by atoms with Crippen LogP contribution in [0.15, 0.2) is 24.3 Å². The van der Waals surface area contributed by atoms with E-state index < -0.39 is 23.7 Å². The van der Waals surface area contributed by atoms with Crippen molar-refractivity contribution in [2.24, 2.45) is 0 Å². The second-order valence-electron chi connectivity index (χ2n) is 8.79. The Morgan fingerprint density at radius 2 is 1.28 bits per heavy atom. The molecule has 1 unspecified atom stereocenters. The fraction of sp³-hybridized carbons (Fsp3) is 0.704. The van der Waals surface area contributed by atoms with Gasteiger partial charge in [0.2, 0.25) is 0 Å². The number of amides is 1. The molecular formula is C27H44FNO3. The second-order valence-corrected chi connectivity index (χ2v) is 8.79. The zero-order valence-corrected chi connectivity index (χ0v) is 20.3. The van der Waals surface area contributed by atoms with Crippen molar-refractivity contribution in [3.63, 3.8) is 0 Å². The number of hydrogen-bond donors (Lipinski definition) is 1. The van der Waals surface area contributed by atoms with Crippen molar-refractivity contribution < 1.29 is 18.7 Å². The maximum Gasteiger partial charge on any atom is 0.328 e. The molecule has 0 saturated heterocycles. The van der Waals surface area contributed by atoms with Gasteiger partial charge in [0.15, 0.2) is 0 Å².